The van der Waals surface area contributed by atoms with E-state index in [-0.39, 0.29) is 0 Å². The van der Waals surface area contributed by atoms with E-state index in [9.17, 15) is 0 Å². The van der Waals surface area contributed by atoms with Crippen molar-refractivity contribution in [2.45, 2.75) is 57.9 Å². The first-order valence-corrected chi connectivity index (χ1v) is 5.42. The molecule has 0 spiro atoms. The second-order valence-electron chi connectivity index (χ2n) is 3.59. The van der Waals surface area contributed by atoms with Crippen LogP contribution in [0.2, 0.25) is 0 Å². The van der Waals surface area contributed by atoms with Crippen molar-refractivity contribution in [3.8, 4) is 0 Å². The molecular weight excluding hydrogens is 160 g/mol. The van der Waals surface area contributed by atoms with E-state index in [1.165, 1.54) is 38.5 Å². The highest BCUT2D eigenvalue weighted by Crippen LogP contribution is 2.08. The molecule has 0 radical (unpaired) electrons. The molecule has 0 rings (SSSR count). The SMILES string of the molecule is C=CCC(CCCCCCC)NN. The van der Waals surface area contributed by atoms with Gasteiger partial charge in [0.15, 0.2) is 0 Å². The molecule has 1 unspecified atom stereocenters. The molecule has 0 saturated carbocycles. The van der Waals surface area contributed by atoms with Gasteiger partial charge in [0.05, 0.1) is 0 Å². The van der Waals surface area contributed by atoms with Crippen molar-refractivity contribution in [3.05, 3.63) is 12.7 Å². The molecule has 0 aliphatic rings. The van der Waals surface area contributed by atoms with Crippen LogP contribution < -0.4 is 11.3 Å². The molecule has 2 heteroatoms. The number of rotatable bonds is 9. The van der Waals surface area contributed by atoms with E-state index in [0.717, 1.165) is 6.42 Å². The molecule has 0 aliphatic carbocycles. The van der Waals surface area contributed by atoms with E-state index in [0.29, 0.717) is 6.04 Å². The van der Waals surface area contributed by atoms with Crippen molar-refractivity contribution in [1.29, 1.82) is 0 Å². The van der Waals surface area contributed by atoms with Crippen LogP contribution in [0, 0.1) is 0 Å². The second-order valence-corrected chi connectivity index (χ2v) is 3.59. The summed E-state index contributed by atoms with van der Waals surface area (Å²) >= 11 is 0. The van der Waals surface area contributed by atoms with E-state index < -0.39 is 0 Å². The second kappa shape index (κ2) is 9.75. The predicted molar refractivity (Wildman–Crippen MR) is 59.3 cm³/mol. The third kappa shape index (κ3) is 8.00. The van der Waals surface area contributed by atoms with Crippen molar-refractivity contribution in [2.24, 2.45) is 5.84 Å². The van der Waals surface area contributed by atoms with Gasteiger partial charge < -0.3 is 0 Å². The first-order chi connectivity index (χ1) is 6.35. The van der Waals surface area contributed by atoms with E-state index in [4.69, 9.17) is 5.84 Å². The maximum atomic E-state index is 5.40. The minimum Gasteiger partial charge on any atom is -0.271 e. The molecule has 0 aromatic heterocycles. The zero-order valence-corrected chi connectivity index (χ0v) is 8.89. The van der Waals surface area contributed by atoms with E-state index in [2.05, 4.69) is 18.9 Å². The molecule has 13 heavy (non-hydrogen) atoms. The Morgan fingerprint density at radius 2 is 2.00 bits per heavy atom. The molecule has 2 nitrogen and oxygen atoms in total. The summed E-state index contributed by atoms with van der Waals surface area (Å²) in [4.78, 5) is 0. The van der Waals surface area contributed by atoms with Crippen LogP contribution in [0.15, 0.2) is 12.7 Å². The van der Waals surface area contributed by atoms with Crippen LogP contribution in [0.3, 0.4) is 0 Å². The van der Waals surface area contributed by atoms with E-state index in [1.54, 1.807) is 0 Å². The minimum atomic E-state index is 0.430. The summed E-state index contributed by atoms with van der Waals surface area (Å²) in [6.07, 6.45) is 10.7. The van der Waals surface area contributed by atoms with Gasteiger partial charge in [-0.15, -0.1) is 6.58 Å². The highest BCUT2D eigenvalue weighted by molar-refractivity contribution is 4.76. The molecule has 0 saturated heterocycles. The summed E-state index contributed by atoms with van der Waals surface area (Å²) in [5.41, 5.74) is 2.82. The average molecular weight is 184 g/mol. The molecule has 0 fully saturated rings. The van der Waals surface area contributed by atoms with E-state index in [1.807, 2.05) is 6.08 Å². The van der Waals surface area contributed by atoms with Gasteiger partial charge in [0.1, 0.15) is 0 Å². The highest BCUT2D eigenvalue weighted by atomic mass is 15.2. The number of hydrogen-bond donors (Lipinski definition) is 2. The third-order valence-electron chi connectivity index (χ3n) is 2.34. The lowest BCUT2D eigenvalue weighted by Gasteiger charge is -2.12. The fourth-order valence-corrected chi connectivity index (χ4v) is 1.46. The Kier molecular flexibility index (Phi) is 9.49. The largest absolute Gasteiger partial charge is 0.271 e. The number of nitrogens with two attached hydrogens (primary N) is 1. The van der Waals surface area contributed by atoms with E-state index >= 15 is 0 Å². The Morgan fingerprint density at radius 1 is 1.31 bits per heavy atom. The van der Waals surface area contributed by atoms with Crippen molar-refractivity contribution in [3.63, 3.8) is 0 Å². The molecule has 0 aliphatic heterocycles. The first kappa shape index (κ1) is 12.7. The average Bonchev–Trinajstić information content (AvgIpc) is 2.16. The maximum Gasteiger partial charge on any atom is 0.0244 e. The van der Waals surface area contributed by atoms with Gasteiger partial charge in [-0.3, -0.25) is 11.3 Å². The smallest absolute Gasteiger partial charge is 0.0244 e. The van der Waals surface area contributed by atoms with Gasteiger partial charge in [0, 0.05) is 6.04 Å². The van der Waals surface area contributed by atoms with Gasteiger partial charge >= 0.3 is 0 Å². The van der Waals surface area contributed by atoms with Crippen LogP contribution >= 0.6 is 0 Å². The van der Waals surface area contributed by atoms with Gasteiger partial charge in [-0.1, -0.05) is 45.1 Å². The summed E-state index contributed by atoms with van der Waals surface area (Å²) in [5, 5.41) is 0. The molecular formula is C11H24N2. The summed E-state index contributed by atoms with van der Waals surface area (Å²) in [7, 11) is 0. The lowest BCUT2D eigenvalue weighted by atomic mass is 10.0. The Hall–Kier alpha value is -0.340. The minimum absolute atomic E-state index is 0.430. The van der Waals surface area contributed by atoms with Crippen LogP contribution in [-0.2, 0) is 0 Å². The Morgan fingerprint density at radius 3 is 2.54 bits per heavy atom. The lowest BCUT2D eigenvalue weighted by Crippen LogP contribution is -2.34. The molecule has 0 amide bonds. The molecule has 3 N–H and O–H groups in total. The zero-order valence-electron chi connectivity index (χ0n) is 8.89. The van der Waals surface area contributed by atoms with Crippen molar-refractivity contribution >= 4 is 0 Å². The van der Waals surface area contributed by atoms with Gasteiger partial charge in [-0.05, 0) is 12.8 Å². The molecule has 0 bridgehead atoms. The van der Waals surface area contributed by atoms with Crippen molar-refractivity contribution in [2.75, 3.05) is 0 Å². The van der Waals surface area contributed by atoms with Gasteiger partial charge in [0.25, 0.3) is 0 Å². The standard InChI is InChI=1S/C11H24N2/c1-3-5-6-7-8-10-11(13-12)9-4-2/h4,11,13H,2-3,5-10,12H2,1H3. The number of nitrogens with one attached hydrogen (secondary N) is 1. The molecule has 0 aromatic carbocycles. The Bertz CT molecular complexity index is 113. The van der Waals surface area contributed by atoms with Crippen molar-refractivity contribution in [1.82, 2.24) is 5.43 Å². The van der Waals surface area contributed by atoms with Crippen LogP contribution in [0.4, 0.5) is 0 Å². The summed E-state index contributed by atoms with van der Waals surface area (Å²) in [5.74, 6) is 5.40. The predicted octanol–water partition coefficient (Wildman–Crippen LogP) is 2.75. The fourth-order valence-electron chi connectivity index (χ4n) is 1.46. The van der Waals surface area contributed by atoms with Gasteiger partial charge in [0.2, 0.25) is 0 Å². The number of hydrogen-bond acceptors (Lipinski definition) is 2. The molecule has 1 atom stereocenters. The monoisotopic (exact) mass is 184 g/mol. The normalized spacial score (nSPS) is 12.8. The molecule has 78 valence electrons. The number of hydrazine groups is 1. The Balaban J connectivity index is 3.22. The van der Waals surface area contributed by atoms with Gasteiger partial charge in [-0.2, -0.15) is 0 Å². The summed E-state index contributed by atoms with van der Waals surface area (Å²) in [6, 6.07) is 0.430. The Labute approximate surface area is 82.6 Å². The lowest BCUT2D eigenvalue weighted by molar-refractivity contribution is 0.466. The number of unbranched alkanes of at least 4 members (excludes halogenated alkanes) is 4. The van der Waals surface area contributed by atoms with Crippen LogP contribution in [-0.4, -0.2) is 6.04 Å². The maximum absolute atomic E-state index is 5.40. The quantitative estimate of drug-likeness (QED) is 0.250. The topological polar surface area (TPSA) is 38.0 Å². The van der Waals surface area contributed by atoms with Gasteiger partial charge in [-0.25, -0.2) is 0 Å². The van der Waals surface area contributed by atoms with Crippen molar-refractivity contribution < 1.29 is 0 Å². The zero-order chi connectivity index (χ0) is 9.94. The van der Waals surface area contributed by atoms with Crippen LogP contribution in [0.25, 0.3) is 0 Å². The first-order valence-electron chi connectivity index (χ1n) is 5.42. The highest BCUT2D eigenvalue weighted by Gasteiger charge is 2.02. The summed E-state index contributed by atoms with van der Waals surface area (Å²) < 4.78 is 0. The molecule has 0 heterocycles. The molecule has 0 aromatic rings. The van der Waals surface area contributed by atoms with Crippen LogP contribution in [0.1, 0.15) is 51.9 Å². The fraction of sp³-hybridized carbons (Fsp3) is 0.818. The van der Waals surface area contributed by atoms with Crippen LogP contribution in [0.5, 0.6) is 0 Å². The third-order valence-corrected chi connectivity index (χ3v) is 2.34. The summed E-state index contributed by atoms with van der Waals surface area (Å²) in [6.45, 7) is 5.95.